The predicted octanol–water partition coefficient (Wildman–Crippen LogP) is 5.98. The molecule has 0 saturated heterocycles. The van der Waals surface area contributed by atoms with Crippen LogP contribution in [0.4, 0.5) is 0 Å². The molecule has 5 fully saturated rings. The molecule has 0 heterocycles. The first-order valence-electron chi connectivity index (χ1n) is 14.3. The van der Waals surface area contributed by atoms with Crippen LogP contribution in [-0.2, 0) is 20.2 Å². The van der Waals surface area contributed by atoms with Gasteiger partial charge in [-0.25, -0.2) is 0 Å². The molecule has 6 atom stereocenters. The zero-order valence-electron chi connectivity index (χ0n) is 21.5. The minimum atomic E-state index is -4.00. The van der Waals surface area contributed by atoms with E-state index in [1.807, 2.05) is 0 Å². The second-order valence-corrected chi connectivity index (χ2v) is 16.7. The maximum absolute atomic E-state index is 11.9. The molecule has 0 spiro atoms. The van der Waals surface area contributed by atoms with Gasteiger partial charge in [-0.2, -0.15) is 16.8 Å². The lowest BCUT2D eigenvalue weighted by Gasteiger charge is -2.57. The van der Waals surface area contributed by atoms with E-state index < -0.39 is 30.7 Å². The van der Waals surface area contributed by atoms with Crippen molar-refractivity contribution in [1.29, 1.82) is 0 Å². The molecule has 0 aliphatic heterocycles. The van der Waals surface area contributed by atoms with Gasteiger partial charge in [-0.15, -0.1) is 0 Å². The summed E-state index contributed by atoms with van der Waals surface area (Å²) in [5, 5.41) is -1.26. The first kappa shape index (κ1) is 26.4. The molecule has 0 aromatic heterocycles. The van der Waals surface area contributed by atoms with Gasteiger partial charge in [-0.1, -0.05) is 26.7 Å². The van der Waals surface area contributed by atoms with Crippen LogP contribution >= 0.6 is 0 Å². The van der Waals surface area contributed by atoms with Crippen LogP contribution < -0.4 is 0 Å². The Hall–Kier alpha value is -0.180. The first-order chi connectivity index (χ1) is 16.4. The lowest BCUT2D eigenvalue weighted by atomic mass is 9.48. The molecule has 5 aliphatic rings. The fourth-order valence-electron chi connectivity index (χ4n) is 10.5. The van der Waals surface area contributed by atoms with Gasteiger partial charge in [0.05, 0.1) is 10.5 Å². The Balaban J connectivity index is 1.54. The minimum absolute atomic E-state index is 0.146. The van der Waals surface area contributed by atoms with Crippen LogP contribution in [0.15, 0.2) is 0 Å². The van der Waals surface area contributed by atoms with Gasteiger partial charge >= 0.3 is 0 Å². The Morgan fingerprint density at radius 1 is 0.543 bits per heavy atom. The molecule has 0 bridgehead atoms. The molecule has 0 amide bonds. The van der Waals surface area contributed by atoms with Crippen LogP contribution in [0.25, 0.3) is 0 Å². The highest BCUT2D eigenvalue weighted by Crippen LogP contribution is 2.72. The van der Waals surface area contributed by atoms with E-state index in [0.717, 1.165) is 37.5 Å². The molecule has 202 valence electrons. The molecule has 6 unspecified atom stereocenters. The van der Waals surface area contributed by atoms with E-state index in [2.05, 4.69) is 13.8 Å². The average molecular weight is 531 g/mol. The number of hydrogen-bond acceptors (Lipinski definition) is 4. The van der Waals surface area contributed by atoms with Gasteiger partial charge in [0, 0.05) is 0 Å². The van der Waals surface area contributed by atoms with E-state index in [9.17, 15) is 25.9 Å². The van der Waals surface area contributed by atoms with Crippen molar-refractivity contribution in [3.8, 4) is 0 Å². The topological polar surface area (TPSA) is 109 Å². The zero-order chi connectivity index (χ0) is 25.2. The molecule has 5 saturated carbocycles. The Morgan fingerprint density at radius 2 is 0.886 bits per heavy atom. The van der Waals surface area contributed by atoms with E-state index in [4.69, 9.17) is 0 Å². The van der Waals surface area contributed by atoms with Crippen LogP contribution in [0.1, 0.15) is 104 Å². The summed E-state index contributed by atoms with van der Waals surface area (Å²) in [6.45, 7) is 4.80. The largest absolute Gasteiger partial charge is 0.285 e. The summed E-state index contributed by atoms with van der Waals surface area (Å²) in [6.07, 6.45) is 13.4. The predicted molar refractivity (Wildman–Crippen MR) is 137 cm³/mol. The van der Waals surface area contributed by atoms with Crippen molar-refractivity contribution < 1.29 is 25.9 Å². The van der Waals surface area contributed by atoms with Crippen LogP contribution in [0.3, 0.4) is 0 Å². The molecular weight excluding hydrogens is 484 g/mol. The van der Waals surface area contributed by atoms with Crippen LogP contribution in [0, 0.1) is 52.8 Å². The van der Waals surface area contributed by atoms with Crippen molar-refractivity contribution in [3.05, 3.63) is 0 Å². The quantitative estimate of drug-likeness (QED) is 0.433. The maximum Gasteiger partial charge on any atom is 0.267 e. The van der Waals surface area contributed by atoms with E-state index in [1.54, 1.807) is 0 Å². The molecule has 6 nitrogen and oxygen atoms in total. The summed E-state index contributed by atoms with van der Waals surface area (Å²) < 4.78 is 67.3. The SMILES string of the molecule is CC1CCC2C3CCC(C)CC3C(C3CCC(S(=O)(=O)O)CC3)(C3CCC(S(=O)(=O)O)CC3)C2C1. The maximum atomic E-state index is 11.9. The molecule has 8 heteroatoms. The molecule has 0 aromatic rings. The van der Waals surface area contributed by atoms with Gasteiger partial charge in [-0.3, -0.25) is 9.11 Å². The molecule has 5 rings (SSSR count). The highest BCUT2D eigenvalue weighted by Gasteiger charge is 2.66. The zero-order valence-corrected chi connectivity index (χ0v) is 23.1. The van der Waals surface area contributed by atoms with Crippen LogP contribution in [0.2, 0.25) is 0 Å². The third kappa shape index (κ3) is 4.65. The standard InChI is InChI=1S/C27H46O6S2/c1-17-3-13-23-24-14-4-18(2)16-26(24)27(25(23)15-17,19-5-9-21(10-6-19)34(28,29)30)20-7-11-22(12-8-20)35(31,32)33/h17-26H,3-16H2,1-2H3,(H,28,29,30)(H,31,32,33). The molecule has 0 radical (unpaired) electrons. The van der Waals surface area contributed by atoms with Crippen molar-refractivity contribution in [1.82, 2.24) is 0 Å². The third-order valence-corrected chi connectivity index (χ3v) is 14.4. The third-order valence-electron chi connectivity index (χ3n) is 11.8. The Bertz CT molecular complexity index is 895. The van der Waals surface area contributed by atoms with E-state index in [1.165, 1.54) is 38.5 Å². The number of hydrogen-bond donors (Lipinski definition) is 2. The first-order valence-corrected chi connectivity index (χ1v) is 17.4. The van der Waals surface area contributed by atoms with Gasteiger partial charge in [0.15, 0.2) is 0 Å². The minimum Gasteiger partial charge on any atom is -0.285 e. The number of fused-ring (bicyclic) bond motifs is 3. The van der Waals surface area contributed by atoms with E-state index >= 15 is 0 Å². The monoisotopic (exact) mass is 530 g/mol. The lowest BCUT2D eigenvalue weighted by Crippen LogP contribution is -2.52. The van der Waals surface area contributed by atoms with Crippen molar-refractivity contribution in [2.75, 3.05) is 0 Å². The Morgan fingerprint density at radius 3 is 1.20 bits per heavy atom. The summed E-state index contributed by atoms with van der Waals surface area (Å²) in [7, 11) is -8.00. The molecule has 2 N–H and O–H groups in total. The van der Waals surface area contributed by atoms with Gasteiger partial charge in [-0.05, 0) is 130 Å². The molecule has 0 aromatic carbocycles. The Labute approximate surface area is 212 Å². The number of rotatable bonds is 4. The van der Waals surface area contributed by atoms with Gasteiger partial charge in [0.1, 0.15) is 0 Å². The summed E-state index contributed by atoms with van der Waals surface area (Å²) in [6, 6.07) is 0. The highest BCUT2D eigenvalue weighted by atomic mass is 32.2. The fraction of sp³-hybridized carbons (Fsp3) is 1.00. The summed E-state index contributed by atoms with van der Waals surface area (Å²) in [4.78, 5) is 0. The molecular formula is C27H46O6S2. The van der Waals surface area contributed by atoms with Gasteiger partial charge < -0.3 is 0 Å². The molecule has 35 heavy (non-hydrogen) atoms. The normalized spacial score (nSPS) is 49.3. The van der Waals surface area contributed by atoms with E-state index in [0.29, 0.717) is 61.2 Å². The summed E-state index contributed by atoms with van der Waals surface area (Å²) in [5.74, 6) is 5.10. The summed E-state index contributed by atoms with van der Waals surface area (Å²) >= 11 is 0. The van der Waals surface area contributed by atoms with Crippen molar-refractivity contribution in [3.63, 3.8) is 0 Å². The fourth-order valence-corrected chi connectivity index (χ4v) is 12.3. The second kappa shape index (κ2) is 9.53. The van der Waals surface area contributed by atoms with Crippen LogP contribution in [-0.4, -0.2) is 36.4 Å². The Kier molecular flexibility index (Phi) is 7.20. The van der Waals surface area contributed by atoms with E-state index in [-0.39, 0.29) is 5.41 Å². The van der Waals surface area contributed by atoms with Gasteiger partial charge in [0.2, 0.25) is 0 Å². The van der Waals surface area contributed by atoms with Crippen molar-refractivity contribution >= 4 is 20.2 Å². The highest BCUT2D eigenvalue weighted by molar-refractivity contribution is 7.86. The van der Waals surface area contributed by atoms with Gasteiger partial charge in [0.25, 0.3) is 20.2 Å². The van der Waals surface area contributed by atoms with Crippen LogP contribution in [0.5, 0.6) is 0 Å². The lowest BCUT2D eigenvalue weighted by molar-refractivity contribution is -0.0817. The summed E-state index contributed by atoms with van der Waals surface area (Å²) in [5.41, 5.74) is 0.146. The second-order valence-electron chi connectivity index (χ2n) is 13.4. The van der Waals surface area contributed by atoms with Crippen molar-refractivity contribution in [2.24, 2.45) is 52.8 Å². The average Bonchev–Trinajstić information content (AvgIpc) is 3.07. The smallest absolute Gasteiger partial charge is 0.267 e. The molecule has 5 aliphatic carbocycles. The van der Waals surface area contributed by atoms with Crippen molar-refractivity contribution in [2.45, 2.75) is 114 Å².